The normalized spacial score (nSPS) is 11.0. The van der Waals surface area contributed by atoms with Gasteiger partial charge in [-0.2, -0.15) is 0 Å². The Balaban J connectivity index is 1.30. The molecular formula is C24H17FN4O2S. The molecule has 2 heterocycles. The number of halogens is 1. The Hall–Kier alpha value is -3.78. The molecule has 0 amide bonds. The molecule has 0 atom stereocenters. The van der Waals surface area contributed by atoms with E-state index >= 15 is 0 Å². The summed E-state index contributed by atoms with van der Waals surface area (Å²) in [5.74, 6) is 1.69. The molecule has 0 spiro atoms. The van der Waals surface area contributed by atoms with Crippen LogP contribution in [-0.4, -0.2) is 20.2 Å². The first-order chi connectivity index (χ1) is 15.7. The number of rotatable bonds is 7. The van der Waals surface area contributed by atoms with E-state index in [2.05, 4.69) is 15.2 Å². The van der Waals surface area contributed by atoms with Crippen LogP contribution in [0.15, 0.2) is 88.5 Å². The summed E-state index contributed by atoms with van der Waals surface area (Å²) in [6.45, 7) is 0.101. The predicted octanol–water partition coefficient (Wildman–Crippen LogP) is 5.69. The fourth-order valence-electron chi connectivity index (χ4n) is 3.16. The number of fused-ring (bicyclic) bond motifs is 1. The van der Waals surface area contributed by atoms with Gasteiger partial charge in [0, 0.05) is 10.9 Å². The number of ether oxygens (including phenoxy) is 1. The van der Waals surface area contributed by atoms with Crippen molar-refractivity contribution in [2.45, 2.75) is 17.6 Å². The van der Waals surface area contributed by atoms with Crippen molar-refractivity contribution in [3.05, 3.63) is 96.4 Å². The largest absolute Gasteiger partial charge is 0.484 e. The second-order valence-electron chi connectivity index (χ2n) is 6.86. The highest BCUT2D eigenvalue weighted by atomic mass is 32.2. The van der Waals surface area contributed by atoms with Crippen LogP contribution < -0.4 is 4.74 Å². The van der Waals surface area contributed by atoms with E-state index in [1.54, 1.807) is 12.1 Å². The number of hydrogen-bond acceptors (Lipinski definition) is 7. The molecule has 0 N–H and O–H groups in total. The van der Waals surface area contributed by atoms with Crippen LogP contribution in [0, 0.1) is 5.82 Å². The molecule has 0 aliphatic heterocycles. The van der Waals surface area contributed by atoms with Crippen molar-refractivity contribution >= 4 is 22.7 Å². The molecule has 2 aromatic heterocycles. The predicted molar refractivity (Wildman–Crippen MR) is 120 cm³/mol. The molecule has 0 unspecified atom stereocenters. The molecule has 158 valence electrons. The molecule has 0 saturated heterocycles. The Labute approximate surface area is 187 Å². The zero-order valence-electron chi connectivity index (χ0n) is 16.8. The summed E-state index contributed by atoms with van der Waals surface area (Å²) in [6, 6.07) is 23.8. The van der Waals surface area contributed by atoms with Crippen LogP contribution in [0.1, 0.15) is 11.7 Å². The summed E-state index contributed by atoms with van der Waals surface area (Å²) in [4.78, 5) is 9.49. The number of aromatic nitrogens is 4. The highest BCUT2D eigenvalue weighted by molar-refractivity contribution is 7.98. The quantitative estimate of drug-likeness (QED) is 0.299. The van der Waals surface area contributed by atoms with E-state index in [0.29, 0.717) is 28.4 Å². The van der Waals surface area contributed by atoms with Gasteiger partial charge >= 0.3 is 0 Å². The lowest BCUT2D eigenvalue weighted by atomic mass is 10.1. The van der Waals surface area contributed by atoms with Gasteiger partial charge in [-0.25, -0.2) is 14.4 Å². The van der Waals surface area contributed by atoms with Gasteiger partial charge in [-0.15, -0.1) is 10.2 Å². The average molecular weight is 444 g/mol. The van der Waals surface area contributed by atoms with Crippen LogP contribution in [0.4, 0.5) is 4.39 Å². The van der Waals surface area contributed by atoms with E-state index in [9.17, 15) is 4.39 Å². The molecule has 3 aromatic carbocycles. The van der Waals surface area contributed by atoms with Gasteiger partial charge in [0.15, 0.2) is 6.61 Å². The van der Waals surface area contributed by atoms with Crippen molar-refractivity contribution in [3.8, 4) is 17.0 Å². The van der Waals surface area contributed by atoms with Crippen LogP contribution in [0.3, 0.4) is 0 Å². The molecule has 0 saturated carbocycles. The number of hydrogen-bond donors (Lipinski definition) is 0. The van der Waals surface area contributed by atoms with Crippen molar-refractivity contribution in [2.75, 3.05) is 0 Å². The van der Waals surface area contributed by atoms with Gasteiger partial charge < -0.3 is 9.15 Å². The van der Waals surface area contributed by atoms with Gasteiger partial charge in [-0.05, 0) is 30.3 Å². The van der Waals surface area contributed by atoms with Crippen molar-refractivity contribution < 1.29 is 13.5 Å². The standard InChI is InChI=1S/C24H17FN4O2S/c25-17-10-12-18(13-11-17)30-14-22-28-29-24(31-22)32-15-21-26-20-9-5-4-8-19(20)23(27-21)16-6-2-1-3-7-16/h1-13H,14-15H2. The minimum absolute atomic E-state index is 0.101. The molecule has 5 rings (SSSR count). The van der Waals surface area contributed by atoms with E-state index in [-0.39, 0.29) is 12.4 Å². The van der Waals surface area contributed by atoms with E-state index in [1.807, 2.05) is 54.6 Å². The van der Waals surface area contributed by atoms with Gasteiger partial charge in [0.2, 0.25) is 0 Å². The molecule has 5 aromatic rings. The first kappa shape index (κ1) is 20.1. The van der Waals surface area contributed by atoms with Crippen LogP contribution in [-0.2, 0) is 12.4 Å². The first-order valence-electron chi connectivity index (χ1n) is 9.89. The lowest BCUT2D eigenvalue weighted by Gasteiger charge is -2.08. The van der Waals surface area contributed by atoms with Gasteiger partial charge in [0.25, 0.3) is 11.1 Å². The maximum Gasteiger partial charge on any atom is 0.277 e. The third kappa shape index (κ3) is 4.60. The number of nitrogens with zero attached hydrogens (tertiary/aromatic N) is 4. The first-order valence-corrected chi connectivity index (χ1v) is 10.9. The van der Waals surface area contributed by atoms with E-state index in [4.69, 9.17) is 14.1 Å². The third-order valence-electron chi connectivity index (χ3n) is 4.65. The highest BCUT2D eigenvalue weighted by Crippen LogP contribution is 2.28. The maximum absolute atomic E-state index is 13.0. The molecule has 0 fully saturated rings. The summed E-state index contributed by atoms with van der Waals surface area (Å²) in [6.07, 6.45) is 0. The molecule has 0 aliphatic carbocycles. The van der Waals surface area contributed by atoms with Crippen molar-refractivity contribution in [2.24, 2.45) is 0 Å². The zero-order valence-corrected chi connectivity index (χ0v) is 17.6. The van der Waals surface area contributed by atoms with Gasteiger partial charge in [-0.3, -0.25) is 0 Å². The third-order valence-corrected chi connectivity index (χ3v) is 5.46. The van der Waals surface area contributed by atoms with Crippen molar-refractivity contribution in [3.63, 3.8) is 0 Å². The SMILES string of the molecule is Fc1ccc(OCc2nnc(SCc3nc(-c4ccccc4)c4ccccc4n3)o2)cc1. The zero-order chi connectivity index (χ0) is 21.8. The van der Waals surface area contributed by atoms with Crippen molar-refractivity contribution in [1.29, 1.82) is 0 Å². The summed E-state index contributed by atoms with van der Waals surface area (Å²) >= 11 is 1.36. The topological polar surface area (TPSA) is 73.9 Å². The molecule has 0 radical (unpaired) electrons. The molecule has 6 nitrogen and oxygen atoms in total. The van der Waals surface area contributed by atoms with E-state index < -0.39 is 0 Å². The molecule has 0 bridgehead atoms. The Bertz CT molecular complexity index is 1340. The number of thioether (sulfide) groups is 1. The van der Waals surface area contributed by atoms with Gasteiger partial charge in [0.1, 0.15) is 17.4 Å². The van der Waals surface area contributed by atoms with Crippen molar-refractivity contribution in [1.82, 2.24) is 20.2 Å². The lowest BCUT2D eigenvalue weighted by Crippen LogP contribution is -1.97. The highest BCUT2D eigenvalue weighted by Gasteiger charge is 2.12. The van der Waals surface area contributed by atoms with Crippen LogP contribution >= 0.6 is 11.8 Å². The number of para-hydroxylation sites is 1. The maximum atomic E-state index is 13.0. The van der Waals surface area contributed by atoms with E-state index in [0.717, 1.165) is 22.2 Å². The van der Waals surface area contributed by atoms with E-state index in [1.165, 1.54) is 23.9 Å². The van der Waals surface area contributed by atoms with Crippen LogP contribution in [0.2, 0.25) is 0 Å². The average Bonchev–Trinajstić information content (AvgIpc) is 3.30. The number of benzene rings is 3. The minimum Gasteiger partial charge on any atom is -0.484 e. The summed E-state index contributed by atoms with van der Waals surface area (Å²) in [5, 5.41) is 9.46. The smallest absolute Gasteiger partial charge is 0.277 e. The molecule has 32 heavy (non-hydrogen) atoms. The fraction of sp³-hybridized carbons (Fsp3) is 0.0833. The monoisotopic (exact) mass is 444 g/mol. The minimum atomic E-state index is -0.319. The molecule has 8 heteroatoms. The molecular weight excluding hydrogens is 427 g/mol. The second kappa shape index (κ2) is 9.15. The Kier molecular flexibility index (Phi) is 5.76. The summed E-state index contributed by atoms with van der Waals surface area (Å²) < 4.78 is 24.2. The molecule has 0 aliphatic rings. The summed E-state index contributed by atoms with van der Waals surface area (Å²) in [7, 11) is 0. The Morgan fingerprint density at radius 2 is 1.62 bits per heavy atom. The lowest BCUT2D eigenvalue weighted by molar-refractivity contribution is 0.252. The Morgan fingerprint density at radius 1 is 0.844 bits per heavy atom. The fourth-order valence-corrected chi connectivity index (χ4v) is 3.80. The summed E-state index contributed by atoms with van der Waals surface area (Å²) in [5.41, 5.74) is 2.82. The Morgan fingerprint density at radius 3 is 2.47 bits per heavy atom. The van der Waals surface area contributed by atoms with Gasteiger partial charge in [0.05, 0.1) is 17.0 Å². The van der Waals surface area contributed by atoms with Crippen LogP contribution in [0.5, 0.6) is 5.75 Å². The second-order valence-corrected chi connectivity index (χ2v) is 7.79. The van der Waals surface area contributed by atoms with Crippen LogP contribution in [0.25, 0.3) is 22.2 Å². The van der Waals surface area contributed by atoms with Gasteiger partial charge in [-0.1, -0.05) is 60.3 Å².